The van der Waals surface area contributed by atoms with Gasteiger partial charge in [0.05, 0.1) is 12.6 Å². The van der Waals surface area contributed by atoms with Crippen LogP contribution in [0.25, 0.3) is 0 Å². The summed E-state index contributed by atoms with van der Waals surface area (Å²) in [7, 11) is 0. The van der Waals surface area contributed by atoms with Crippen molar-refractivity contribution in [3.63, 3.8) is 0 Å². The smallest absolute Gasteiger partial charge is 0.241 e. The Morgan fingerprint density at radius 1 is 1.50 bits per heavy atom. The molecule has 24 heavy (non-hydrogen) atoms. The van der Waals surface area contributed by atoms with Crippen molar-refractivity contribution in [1.82, 2.24) is 10.3 Å². The van der Waals surface area contributed by atoms with Gasteiger partial charge in [-0.1, -0.05) is 20.8 Å². The third-order valence-electron chi connectivity index (χ3n) is 5.41. The Morgan fingerprint density at radius 3 is 2.83 bits per heavy atom. The van der Waals surface area contributed by atoms with Crippen molar-refractivity contribution in [3.05, 3.63) is 16.1 Å². The number of halogens is 2. The van der Waals surface area contributed by atoms with Gasteiger partial charge >= 0.3 is 0 Å². The first-order valence-electron chi connectivity index (χ1n) is 8.03. The Bertz CT molecular complexity index is 581. The zero-order valence-corrected chi connectivity index (χ0v) is 16.8. The van der Waals surface area contributed by atoms with E-state index in [0.717, 1.165) is 30.9 Å². The van der Waals surface area contributed by atoms with Gasteiger partial charge in [0.1, 0.15) is 10.5 Å². The number of nitrogens with zero attached hydrogens (tertiary/aromatic N) is 1. The third kappa shape index (κ3) is 3.19. The summed E-state index contributed by atoms with van der Waals surface area (Å²) < 4.78 is 5.85. The van der Waals surface area contributed by atoms with Crippen molar-refractivity contribution < 1.29 is 9.53 Å². The molecule has 1 aromatic heterocycles. The first-order chi connectivity index (χ1) is 10.4. The summed E-state index contributed by atoms with van der Waals surface area (Å²) in [5.41, 5.74) is 5.39. The fourth-order valence-corrected chi connectivity index (χ4v) is 4.73. The molecule has 3 unspecified atom stereocenters. The number of thiazole rings is 1. The van der Waals surface area contributed by atoms with Gasteiger partial charge in [0.15, 0.2) is 0 Å². The third-order valence-corrected chi connectivity index (χ3v) is 6.55. The van der Waals surface area contributed by atoms with Crippen molar-refractivity contribution in [3.8, 4) is 0 Å². The largest absolute Gasteiger partial charge is 0.377 e. The summed E-state index contributed by atoms with van der Waals surface area (Å²) in [5, 5.41) is 3.93. The van der Waals surface area contributed by atoms with E-state index in [1.54, 1.807) is 11.3 Å². The molecule has 2 aliphatic rings. The van der Waals surface area contributed by atoms with E-state index in [1.165, 1.54) is 4.88 Å². The summed E-state index contributed by atoms with van der Waals surface area (Å²) in [6.07, 6.45) is 4.90. The molecule has 1 aromatic rings. The molecular weight excluding hydrogens is 369 g/mol. The van der Waals surface area contributed by atoms with E-state index >= 15 is 0 Å². The SMILES string of the molecule is CCc1cnc(CNC(=O)C2(N)C3CCCOC3C2(C)C)s1.Cl.Cl. The summed E-state index contributed by atoms with van der Waals surface area (Å²) in [6, 6.07) is 0. The molecule has 0 bridgehead atoms. The fourth-order valence-electron chi connectivity index (χ4n) is 3.93. The molecule has 1 amide bonds. The maximum atomic E-state index is 12.8. The van der Waals surface area contributed by atoms with E-state index < -0.39 is 5.54 Å². The molecule has 0 radical (unpaired) electrons. The van der Waals surface area contributed by atoms with Crippen molar-refractivity contribution in [2.75, 3.05) is 6.61 Å². The summed E-state index contributed by atoms with van der Waals surface area (Å²) in [5.74, 6) is 0.0521. The highest BCUT2D eigenvalue weighted by Gasteiger charge is 2.70. The van der Waals surface area contributed by atoms with Gasteiger partial charge in [-0.05, 0) is 19.3 Å². The van der Waals surface area contributed by atoms with Crippen molar-refractivity contribution in [1.29, 1.82) is 0 Å². The summed E-state index contributed by atoms with van der Waals surface area (Å²) >= 11 is 1.64. The number of ether oxygens (including phenoxy) is 1. The molecule has 138 valence electrons. The van der Waals surface area contributed by atoms with Gasteiger partial charge in [-0.15, -0.1) is 36.2 Å². The molecule has 3 rings (SSSR count). The van der Waals surface area contributed by atoms with Crippen LogP contribution in [0.2, 0.25) is 0 Å². The fraction of sp³-hybridized carbons (Fsp3) is 0.750. The van der Waals surface area contributed by atoms with Crippen LogP contribution in [-0.4, -0.2) is 29.1 Å². The Kier molecular flexibility index (Phi) is 7.10. The first-order valence-corrected chi connectivity index (χ1v) is 8.85. The maximum Gasteiger partial charge on any atom is 0.241 e. The molecule has 8 heteroatoms. The van der Waals surface area contributed by atoms with E-state index in [0.29, 0.717) is 6.54 Å². The van der Waals surface area contributed by atoms with Gasteiger partial charge in [0, 0.05) is 29.0 Å². The van der Waals surface area contributed by atoms with Gasteiger partial charge in [0.25, 0.3) is 0 Å². The van der Waals surface area contributed by atoms with Crippen LogP contribution >= 0.6 is 36.2 Å². The number of aryl methyl sites for hydroxylation is 1. The molecule has 5 nitrogen and oxygen atoms in total. The summed E-state index contributed by atoms with van der Waals surface area (Å²) in [6.45, 7) is 7.41. The van der Waals surface area contributed by atoms with Crippen molar-refractivity contribution in [2.24, 2.45) is 17.1 Å². The van der Waals surface area contributed by atoms with Crippen molar-refractivity contribution >= 4 is 42.1 Å². The zero-order valence-electron chi connectivity index (χ0n) is 14.3. The second-order valence-electron chi connectivity index (χ2n) is 6.89. The van der Waals surface area contributed by atoms with Crippen LogP contribution in [-0.2, 0) is 22.5 Å². The minimum atomic E-state index is -0.844. The standard InChI is InChI=1S/C16H25N3O2S.2ClH/c1-4-10-8-18-12(22-10)9-19-14(20)16(17)11-6-5-7-21-13(11)15(16,2)3;;/h8,11,13H,4-7,9,17H2,1-3H3,(H,19,20);2*1H. The second-order valence-corrected chi connectivity index (χ2v) is 8.09. The number of amides is 1. The number of carbonyl (C=O) groups is 1. The number of fused-ring (bicyclic) bond motifs is 1. The molecule has 3 N–H and O–H groups in total. The number of rotatable bonds is 4. The lowest BCUT2D eigenvalue weighted by Crippen LogP contribution is -2.82. The molecule has 0 aromatic carbocycles. The van der Waals surface area contributed by atoms with Crippen LogP contribution in [0.5, 0.6) is 0 Å². The Hall–Kier alpha value is -0.400. The van der Waals surface area contributed by atoms with Crippen molar-refractivity contribution in [2.45, 2.75) is 58.2 Å². The minimum absolute atomic E-state index is 0. The minimum Gasteiger partial charge on any atom is -0.377 e. The predicted octanol–water partition coefficient (Wildman–Crippen LogP) is 2.70. The molecule has 1 saturated carbocycles. The number of aromatic nitrogens is 1. The molecule has 1 saturated heterocycles. The quantitative estimate of drug-likeness (QED) is 0.821. The van der Waals surface area contributed by atoms with Crippen LogP contribution in [0.4, 0.5) is 0 Å². The Balaban J connectivity index is 0.00000144. The topological polar surface area (TPSA) is 77.2 Å². The highest BCUT2D eigenvalue weighted by Crippen LogP contribution is 2.57. The first kappa shape index (κ1) is 21.6. The molecule has 0 spiro atoms. The van der Waals surface area contributed by atoms with Crippen LogP contribution in [0.3, 0.4) is 0 Å². The Morgan fingerprint density at radius 2 is 2.21 bits per heavy atom. The predicted molar refractivity (Wildman–Crippen MR) is 101 cm³/mol. The highest BCUT2D eigenvalue weighted by molar-refractivity contribution is 7.11. The maximum absolute atomic E-state index is 12.8. The van der Waals surface area contributed by atoms with Crippen LogP contribution in [0.1, 0.15) is 43.5 Å². The van der Waals surface area contributed by atoms with E-state index in [-0.39, 0.29) is 48.2 Å². The summed E-state index contributed by atoms with van der Waals surface area (Å²) in [4.78, 5) is 18.3. The lowest BCUT2D eigenvalue weighted by atomic mass is 9.46. The second kappa shape index (κ2) is 7.87. The average Bonchev–Trinajstić information content (AvgIpc) is 2.99. The van der Waals surface area contributed by atoms with Gasteiger partial charge < -0.3 is 15.8 Å². The molecule has 3 atom stereocenters. The van der Waals surface area contributed by atoms with Gasteiger partial charge in [0.2, 0.25) is 5.91 Å². The molecule has 2 heterocycles. The monoisotopic (exact) mass is 395 g/mol. The molecule has 1 aliphatic carbocycles. The molecule has 1 aliphatic heterocycles. The number of hydrogen-bond donors (Lipinski definition) is 2. The van der Waals surface area contributed by atoms with Crippen LogP contribution in [0.15, 0.2) is 6.20 Å². The van der Waals surface area contributed by atoms with E-state index in [1.807, 2.05) is 20.0 Å². The van der Waals surface area contributed by atoms with E-state index in [9.17, 15) is 4.79 Å². The van der Waals surface area contributed by atoms with Gasteiger partial charge in [-0.2, -0.15) is 0 Å². The van der Waals surface area contributed by atoms with Crippen LogP contribution in [0, 0.1) is 11.3 Å². The van der Waals surface area contributed by atoms with E-state index in [2.05, 4.69) is 17.2 Å². The van der Waals surface area contributed by atoms with Gasteiger partial charge in [-0.25, -0.2) is 4.98 Å². The molecule has 2 fully saturated rings. The van der Waals surface area contributed by atoms with E-state index in [4.69, 9.17) is 10.5 Å². The number of hydrogen-bond acceptors (Lipinski definition) is 5. The lowest BCUT2D eigenvalue weighted by Gasteiger charge is -2.65. The highest BCUT2D eigenvalue weighted by atomic mass is 35.5. The molecular formula is C16H27Cl2N3O2S. The van der Waals surface area contributed by atoms with Gasteiger partial charge in [-0.3, -0.25) is 4.79 Å². The lowest BCUT2D eigenvalue weighted by molar-refractivity contribution is -0.225. The number of carbonyl (C=O) groups excluding carboxylic acids is 1. The average molecular weight is 396 g/mol. The number of nitrogens with two attached hydrogens (primary N) is 1. The normalized spacial score (nSPS) is 30.2. The van der Waals surface area contributed by atoms with Crippen LogP contribution < -0.4 is 11.1 Å². The Labute approximate surface area is 159 Å². The number of nitrogens with one attached hydrogen (secondary N) is 1. The zero-order chi connectivity index (χ0) is 16.0.